The topological polar surface area (TPSA) is 35.8 Å². The minimum atomic E-state index is -0.181. The molecule has 0 amide bonds. The highest BCUT2D eigenvalue weighted by Gasteiger charge is 2.15. The van der Waals surface area contributed by atoms with Crippen LogP contribution in [0, 0.1) is 23.7 Å². The molecule has 2 nitrogen and oxygen atoms in total. The van der Waals surface area contributed by atoms with Gasteiger partial charge in [-0.1, -0.05) is 0 Å². The zero-order valence-corrected chi connectivity index (χ0v) is 11.2. The van der Waals surface area contributed by atoms with Gasteiger partial charge in [0.2, 0.25) is 0 Å². The van der Waals surface area contributed by atoms with E-state index >= 15 is 0 Å². The lowest BCUT2D eigenvalue weighted by molar-refractivity contribution is 0.426. The molecular weight excluding hydrogens is 216 g/mol. The maximum atomic E-state index is 8.87. The highest BCUT2D eigenvalue weighted by Crippen LogP contribution is 2.20. The molecule has 0 saturated carbocycles. The Bertz CT molecular complexity index is 360. The average Bonchev–Trinajstić information content (AvgIpc) is 2.64. The molecule has 16 heavy (non-hydrogen) atoms. The molecule has 1 rings (SSSR count). The quantitative estimate of drug-likeness (QED) is 0.768. The summed E-state index contributed by atoms with van der Waals surface area (Å²) < 4.78 is 0. The Labute approximate surface area is 102 Å². The van der Waals surface area contributed by atoms with Crippen molar-refractivity contribution in [3.8, 4) is 6.07 Å². The third-order valence-electron chi connectivity index (χ3n) is 2.74. The van der Waals surface area contributed by atoms with E-state index in [2.05, 4.69) is 29.1 Å². The number of aryl methyl sites for hydroxylation is 1. The molecule has 0 aromatic carbocycles. The van der Waals surface area contributed by atoms with Gasteiger partial charge < -0.3 is 5.32 Å². The van der Waals surface area contributed by atoms with Crippen molar-refractivity contribution < 1.29 is 0 Å². The van der Waals surface area contributed by atoms with E-state index in [1.54, 1.807) is 11.3 Å². The van der Waals surface area contributed by atoms with E-state index in [-0.39, 0.29) is 5.41 Å². The number of rotatable bonds is 6. The summed E-state index contributed by atoms with van der Waals surface area (Å²) in [6, 6.07) is 2.33. The van der Waals surface area contributed by atoms with Crippen LogP contribution in [0.15, 0.2) is 10.8 Å². The Kier molecular flexibility index (Phi) is 4.98. The summed E-state index contributed by atoms with van der Waals surface area (Å²) in [6.07, 6.45) is 2.02. The number of nitrogens with one attached hydrogen (secondary N) is 1. The van der Waals surface area contributed by atoms with Crippen molar-refractivity contribution in [1.29, 1.82) is 5.26 Å². The lowest BCUT2D eigenvalue weighted by Gasteiger charge is -2.14. The summed E-state index contributed by atoms with van der Waals surface area (Å²) in [5.74, 6) is 0. The Morgan fingerprint density at radius 3 is 2.75 bits per heavy atom. The van der Waals surface area contributed by atoms with Crippen molar-refractivity contribution in [3.05, 3.63) is 21.9 Å². The zero-order chi connectivity index (χ0) is 12.0. The number of nitriles is 1. The van der Waals surface area contributed by atoms with Gasteiger partial charge in [-0.3, -0.25) is 0 Å². The number of hydrogen-bond acceptors (Lipinski definition) is 3. The maximum Gasteiger partial charge on any atom is 0.0683 e. The van der Waals surface area contributed by atoms with Gasteiger partial charge in [0, 0.05) is 6.54 Å². The van der Waals surface area contributed by atoms with Gasteiger partial charge in [0.05, 0.1) is 11.5 Å². The van der Waals surface area contributed by atoms with E-state index in [0.29, 0.717) is 0 Å². The molecule has 88 valence electrons. The molecular formula is C13H20N2S. The van der Waals surface area contributed by atoms with E-state index < -0.39 is 0 Å². The summed E-state index contributed by atoms with van der Waals surface area (Å²) in [4.78, 5) is 0. The Hall–Kier alpha value is -0.850. The monoisotopic (exact) mass is 236 g/mol. The first kappa shape index (κ1) is 13.2. The molecule has 1 aromatic heterocycles. The maximum absolute atomic E-state index is 8.87. The van der Waals surface area contributed by atoms with Crippen molar-refractivity contribution in [1.82, 2.24) is 5.32 Å². The Morgan fingerprint density at radius 2 is 2.19 bits per heavy atom. The van der Waals surface area contributed by atoms with Gasteiger partial charge >= 0.3 is 0 Å². The molecule has 0 aliphatic heterocycles. The minimum absolute atomic E-state index is 0.181. The standard InChI is InChI=1S/C13H20N2S/c1-11-8-16-9-12(11)7-15-6-4-5-13(2,3)10-14/h8-9,15H,4-7H2,1-3H3. The molecule has 3 heteroatoms. The van der Waals surface area contributed by atoms with Gasteiger partial charge in [-0.2, -0.15) is 16.6 Å². The summed E-state index contributed by atoms with van der Waals surface area (Å²) in [6.45, 7) is 8.07. The van der Waals surface area contributed by atoms with Gasteiger partial charge in [-0.15, -0.1) is 0 Å². The summed E-state index contributed by atoms with van der Waals surface area (Å²) in [7, 11) is 0. The first-order chi connectivity index (χ1) is 7.55. The van der Waals surface area contributed by atoms with E-state index in [0.717, 1.165) is 25.9 Å². The molecule has 1 aromatic rings. The molecule has 0 saturated heterocycles. The van der Waals surface area contributed by atoms with Crippen LogP contribution in [0.2, 0.25) is 0 Å². The Morgan fingerprint density at radius 1 is 1.44 bits per heavy atom. The average molecular weight is 236 g/mol. The first-order valence-electron chi connectivity index (χ1n) is 5.69. The van der Waals surface area contributed by atoms with Crippen LogP contribution in [0.25, 0.3) is 0 Å². The fourth-order valence-corrected chi connectivity index (χ4v) is 2.36. The van der Waals surface area contributed by atoms with Crippen LogP contribution in [-0.4, -0.2) is 6.54 Å². The predicted molar refractivity (Wildman–Crippen MR) is 69.4 cm³/mol. The molecule has 0 radical (unpaired) electrons. The SMILES string of the molecule is Cc1cscc1CNCCCC(C)(C)C#N. The number of hydrogen-bond donors (Lipinski definition) is 1. The lowest BCUT2D eigenvalue weighted by Crippen LogP contribution is -2.17. The Balaban J connectivity index is 2.14. The van der Waals surface area contributed by atoms with Crippen LogP contribution in [0.5, 0.6) is 0 Å². The molecule has 0 spiro atoms. The fraction of sp³-hybridized carbons (Fsp3) is 0.615. The van der Waals surface area contributed by atoms with Crippen molar-refractivity contribution in [2.24, 2.45) is 5.41 Å². The molecule has 0 aliphatic rings. The summed E-state index contributed by atoms with van der Waals surface area (Å²) in [5.41, 5.74) is 2.58. The molecule has 1 N–H and O–H groups in total. The van der Waals surface area contributed by atoms with Crippen LogP contribution in [-0.2, 0) is 6.54 Å². The number of thiophene rings is 1. The predicted octanol–water partition coefficient (Wildman–Crippen LogP) is 3.48. The molecule has 0 fully saturated rings. The van der Waals surface area contributed by atoms with Gasteiger partial charge in [-0.05, 0) is 62.0 Å². The van der Waals surface area contributed by atoms with Crippen LogP contribution >= 0.6 is 11.3 Å². The highest BCUT2D eigenvalue weighted by molar-refractivity contribution is 7.08. The van der Waals surface area contributed by atoms with Crippen LogP contribution in [0.1, 0.15) is 37.8 Å². The van der Waals surface area contributed by atoms with Gasteiger partial charge in [0.25, 0.3) is 0 Å². The van der Waals surface area contributed by atoms with Crippen molar-refractivity contribution in [2.45, 2.75) is 40.2 Å². The van der Waals surface area contributed by atoms with Gasteiger partial charge in [0.15, 0.2) is 0 Å². The van der Waals surface area contributed by atoms with Crippen molar-refractivity contribution >= 4 is 11.3 Å². The van der Waals surface area contributed by atoms with Gasteiger partial charge in [-0.25, -0.2) is 0 Å². The van der Waals surface area contributed by atoms with Crippen LogP contribution < -0.4 is 5.32 Å². The second kappa shape index (κ2) is 6.03. The largest absolute Gasteiger partial charge is 0.313 e. The highest BCUT2D eigenvalue weighted by atomic mass is 32.1. The normalized spacial score (nSPS) is 11.4. The smallest absolute Gasteiger partial charge is 0.0683 e. The van der Waals surface area contributed by atoms with Crippen molar-refractivity contribution in [3.63, 3.8) is 0 Å². The lowest BCUT2D eigenvalue weighted by atomic mass is 9.90. The molecule has 0 bridgehead atoms. The van der Waals surface area contributed by atoms with E-state index in [1.807, 2.05) is 13.8 Å². The summed E-state index contributed by atoms with van der Waals surface area (Å²) in [5, 5.41) is 16.7. The second-order valence-electron chi connectivity index (χ2n) is 4.86. The van der Waals surface area contributed by atoms with Crippen LogP contribution in [0.3, 0.4) is 0 Å². The molecule has 0 atom stereocenters. The molecule has 0 aliphatic carbocycles. The van der Waals surface area contributed by atoms with E-state index in [1.165, 1.54) is 11.1 Å². The zero-order valence-electron chi connectivity index (χ0n) is 10.3. The number of nitrogens with zero attached hydrogens (tertiary/aromatic N) is 1. The van der Waals surface area contributed by atoms with Crippen LogP contribution in [0.4, 0.5) is 0 Å². The summed E-state index contributed by atoms with van der Waals surface area (Å²) >= 11 is 1.75. The molecule has 1 heterocycles. The van der Waals surface area contributed by atoms with Gasteiger partial charge in [0.1, 0.15) is 0 Å². The van der Waals surface area contributed by atoms with E-state index in [4.69, 9.17) is 5.26 Å². The molecule has 0 unspecified atom stereocenters. The fourth-order valence-electron chi connectivity index (χ4n) is 1.50. The third kappa shape index (κ3) is 4.34. The first-order valence-corrected chi connectivity index (χ1v) is 6.63. The van der Waals surface area contributed by atoms with E-state index in [9.17, 15) is 0 Å². The minimum Gasteiger partial charge on any atom is -0.313 e. The third-order valence-corrected chi connectivity index (χ3v) is 3.65. The second-order valence-corrected chi connectivity index (χ2v) is 5.60. The van der Waals surface area contributed by atoms with Crippen molar-refractivity contribution in [2.75, 3.05) is 6.54 Å².